The first kappa shape index (κ1) is 12.4. The van der Waals surface area contributed by atoms with E-state index in [0.29, 0.717) is 10.6 Å². The lowest BCUT2D eigenvalue weighted by molar-refractivity contribution is 0.598. The van der Waals surface area contributed by atoms with Crippen LogP contribution in [0.4, 0.5) is 4.39 Å². The Morgan fingerprint density at radius 3 is 3.00 bits per heavy atom. The molecule has 2 aromatic rings. The van der Waals surface area contributed by atoms with Crippen molar-refractivity contribution in [3.8, 4) is 0 Å². The number of nitrogens with one attached hydrogen (secondary N) is 1. The summed E-state index contributed by atoms with van der Waals surface area (Å²) in [4.78, 5) is 0. The molecule has 0 spiro atoms. The van der Waals surface area contributed by atoms with E-state index in [2.05, 4.69) is 14.1 Å². The van der Waals surface area contributed by atoms with Crippen molar-refractivity contribution in [2.75, 3.05) is 6.54 Å². The Hall–Kier alpha value is -1.04. The third-order valence-corrected chi connectivity index (χ3v) is 3.19. The van der Waals surface area contributed by atoms with Gasteiger partial charge in [-0.05, 0) is 30.3 Å². The molecule has 90 valence electrons. The van der Waals surface area contributed by atoms with Gasteiger partial charge in [-0.3, -0.25) is 0 Å². The van der Waals surface area contributed by atoms with Gasteiger partial charge >= 0.3 is 0 Å². The zero-order valence-electron chi connectivity index (χ0n) is 9.15. The van der Waals surface area contributed by atoms with Gasteiger partial charge in [0.15, 0.2) is 0 Å². The second-order valence-corrected chi connectivity index (χ2v) is 4.45. The highest BCUT2D eigenvalue weighted by atomic mass is 35.5. The molecular weight excluding hydrogens is 261 g/mol. The van der Waals surface area contributed by atoms with Gasteiger partial charge < -0.3 is 5.32 Å². The van der Waals surface area contributed by atoms with Crippen molar-refractivity contribution in [3.05, 3.63) is 46.5 Å². The molecule has 1 atom stereocenters. The Morgan fingerprint density at radius 2 is 2.35 bits per heavy atom. The van der Waals surface area contributed by atoms with Crippen LogP contribution in [0.3, 0.4) is 0 Å². The fourth-order valence-corrected chi connectivity index (χ4v) is 2.29. The Kier molecular flexibility index (Phi) is 4.04. The summed E-state index contributed by atoms with van der Waals surface area (Å²) in [6, 6.07) is 4.10. The molecule has 1 aromatic carbocycles. The lowest BCUT2D eigenvalue weighted by atomic mass is 10.0. The van der Waals surface area contributed by atoms with Crippen molar-refractivity contribution in [1.82, 2.24) is 14.1 Å². The van der Waals surface area contributed by atoms with Crippen molar-refractivity contribution < 1.29 is 4.39 Å². The fourth-order valence-electron chi connectivity index (χ4n) is 1.61. The molecule has 0 radical (unpaired) electrons. The smallest absolute Gasteiger partial charge is 0.123 e. The highest BCUT2D eigenvalue weighted by Gasteiger charge is 2.19. The number of halogens is 2. The first-order valence-corrected chi connectivity index (χ1v) is 6.29. The summed E-state index contributed by atoms with van der Waals surface area (Å²) in [7, 11) is 0. The van der Waals surface area contributed by atoms with E-state index in [0.717, 1.165) is 24.0 Å². The van der Waals surface area contributed by atoms with E-state index in [-0.39, 0.29) is 11.9 Å². The van der Waals surface area contributed by atoms with Crippen LogP contribution in [-0.4, -0.2) is 15.3 Å². The van der Waals surface area contributed by atoms with Crippen molar-refractivity contribution >= 4 is 23.3 Å². The van der Waals surface area contributed by atoms with Gasteiger partial charge in [0, 0.05) is 5.02 Å². The van der Waals surface area contributed by atoms with Crippen LogP contribution in [0.2, 0.25) is 5.02 Å². The number of rotatable bonds is 4. The SMILES string of the molecule is CCNC(c1cnsn1)c1cc(F)ccc1Cl. The molecule has 1 aromatic heterocycles. The molecule has 1 unspecified atom stereocenters. The highest BCUT2D eigenvalue weighted by molar-refractivity contribution is 6.99. The van der Waals surface area contributed by atoms with Gasteiger partial charge in [0.1, 0.15) is 5.82 Å². The highest BCUT2D eigenvalue weighted by Crippen LogP contribution is 2.28. The average molecular weight is 272 g/mol. The van der Waals surface area contributed by atoms with Crippen LogP contribution in [-0.2, 0) is 0 Å². The third-order valence-electron chi connectivity index (χ3n) is 2.35. The molecule has 0 fully saturated rings. The Balaban J connectivity index is 2.42. The second-order valence-electron chi connectivity index (χ2n) is 3.49. The van der Waals surface area contributed by atoms with E-state index in [1.165, 1.54) is 12.1 Å². The standard InChI is InChI=1S/C11H11ClFN3S/c1-2-14-11(10-6-15-17-16-10)8-5-7(13)3-4-9(8)12/h3-6,11,14H,2H2,1H3. The quantitative estimate of drug-likeness (QED) is 0.929. The van der Waals surface area contributed by atoms with Crippen LogP contribution >= 0.6 is 23.3 Å². The molecule has 0 amide bonds. The van der Waals surface area contributed by atoms with Crippen LogP contribution in [0.25, 0.3) is 0 Å². The van der Waals surface area contributed by atoms with E-state index in [4.69, 9.17) is 11.6 Å². The third kappa shape index (κ3) is 2.80. The summed E-state index contributed by atoms with van der Waals surface area (Å²) in [6.45, 7) is 2.70. The minimum atomic E-state index is -0.310. The topological polar surface area (TPSA) is 37.8 Å². The van der Waals surface area contributed by atoms with E-state index >= 15 is 0 Å². The Labute approximate surface area is 108 Å². The maximum absolute atomic E-state index is 13.3. The van der Waals surface area contributed by atoms with Crippen LogP contribution < -0.4 is 5.32 Å². The number of hydrogen-bond donors (Lipinski definition) is 1. The molecule has 0 saturated heterocycles. The molecule has 0 bridgehead atoms. The van der Waals surface area contributed by atoms with Crippen molar-refractivity contribution in [3.63, 3.8) is 0 Å². The Bertz CT molecular complexity index is 489. The van der Waals surface area contributed by atoms with Gasteiger partial charge in [-0.15, -0.1) is 0 Å². The summed E-state index contributed by atoms with van der Waals surface area (Å²) in [6.07, 6.45) is 1.67. The molecule has 6 heteroatoms. The maximum Gasteiger partial charge on any atom is 0.123 e. The summed E-state index contributed by atoms with van der Waals surface area (Å²) >= 11 is 7.21. The predicted molar refractivity (Wildman–Crippen MR) is 66.8 cm³/mol. The summed E-state index contributed by atoms with van der Waals surface area (Å²) in [5.41, 5.74) is 1.44. The van der Waals surface area contributed by atoms with Crippen LogP contribution in [0.1, 0.15) is 24.2 Å². The Morgan fingerprint density at radius 1 is 1.53 bits per heavy atom. The molecule has 1 N–H and O–H groups in total. The normalized spacial score (nSPS) is 12.6. The summed E-state index contributed by atoms with van der Waals surface area (Å²) in [5, 5.41) is 3.74. The lowest BCUT2D eigenvalue weighted by Crippen LogP contribution is -2.22. The molecule has 17 heavy (non-hydrogen) atoms. The lowest BCUT2D eigenvalue weighted by Gasteiger charge is -2.17. The minimum Gasteiger partial charge on any atom is -0.305 e. The summed E-state index contributed by atoms with van der Waals surface area (Å²) < 4.78 is 21.4. The fraction of sp³-hybridized carbons (Fsp3) is 0.273. The first-order valence-electron chi connectivity index (χ1n) is 5.18. The summed E-state index contributed by atoms with van der Waals surface area (Å²) in [5.74, 6) is -0.310. The zero-order valence-corrected chi connectivity index (χ0v) is 10.7. The molecule has 0 aliphatic carbocycles. The monoisotopic (exact) mass is 271 g/mol. The molecule has 0 aliphatic heterocycles. The van der Waals surface area contributed by atoms with Gasteiger partial charge in [0.2, 0.25) is 0 Å². The van der Waals surface area contributed by atoms with E-state index < -0.39 is 0 Å². The van der Waals surface area contributed by atoms with Gasteiger partial charge in [-0.1, -0.05) is 18.5 Å². The molecular formula is C11H11ClFN3S. The number of nitrogens with zero attached hydrogens (tertiary/aromatic N) is 2. The average Bonchev–Trinajstić information content (AvgIpc) is 2.83. The molecule has 2 rings (SSSR count). The second kappa shape index (κ2) is 5.53. The predicted octanol–water partition coefficient (Wildman–Crippen LogP) is 3.03. The maximum atomic E-state index is 13.3. The largest absolute Gasteiger partial charge is 0.305 e. The van der Waals surface area contributed by atoms with Crippen molar-refractivity contribution in [2.24, 2.45) is 0 Å². The number of aromatic nitrogens is 2. The van der Waals surface area contributed by atoms with Gasteiger partial charge in [-0.25, -0.2) is 4.39 Å². The van der Waals surface area contributed by atoms with E-state index in [9.17, 15) is 4.39 Å². The molecule has 1 heterocycles. The first-order chi connectivity index (χ1) is 8.22. The van der Waals surface area contributed by atoms with Crippen molar-refractivity contribution in [2.45, 2.75) is 13.0 Å². The van der Waals surface area contributed by atoms with Crippen LogP contribution in [0.15, 0.2) is 24.4 Å². The van der Waals surface area contributed by atoms with Gasteiger partial charge in [-0.2, -0.15) is 8.75 Å². The van der Waals surface area contributed by atoms with E-state index in [1.807, 2.05) is 6.92 Å². The van der Waals surface area contributed by atoms with E-state index in [1.54, 1.807) is 12.3 Å². The van der Waals surface area contributed by atoms with Crippen molar-refractivity contribution in [1.29, 1.82) is 0 Å². The molecule has 0 saturated carbocycles. The molecule has 0 aliphatic rings. The van der Waals surface area contributed by atoms with Crippen LogP contribution in [0, 0.1) is 5.82 Å². The number of hydrogen-bond acceptors (Lipinski definition) is 4. The zero-order chi connectivity index (χ0) is 12.3. The van der Waals surface area contributed by atoms with Gasteiger partial charge in [0.05, 0.1) is 29.7 Å². The van der Waals surface area contributed by atoms with Gasteiger partial charge in [0.25, 0.3) is 0 Å². The number of benzene rings is 1. The van der Waals surface area contributed by atoms with Crippen LogP contribution in [0.5, 0.6) is 0 Å². The molecule has 3 nitrogen and oxygen atoms in total. The minimum absolute atomic E-state index is 0.220.